The molecule has 0 fully saturated rings. The molecular weight excluding hydrogens is 540 g/mol. The lowest BCUT2D eigenvalue weighted by atomic mass is 10.0. The van der Waals surface area contributed by atoms with Gasteiger partial charge in [0.1, 0.15) is 5.76 Å². The van der Waals surface area contributed by atoms with E-state index in [4.69, 9.17) is 14.2 Å². The van der Waals surface area contributed by atoms with Crippen molar-refractivity contribution in [3.63, 3.8) is 0 Å². The molecule has 2 aromatic carbocycles. The Hall–Kier alpha value is -3.67. The summed E-state index contributed by atoms with van der Waals surface area (Å²) in [6, 6.07) is 10.3. The number of aliphatic hydroxyl groups excluding tert-OH is 1. The van der Waals surface area contributed by atoms with Crippen molar-refractivity contribution < 1.29 is 29.2 Å². The smallest absolute Gasteiger partial charge is 0.182 e. The minimum absolute atomic E-state index is 0.0231. The Morgan fingerprint density at radius 3 is 1.77 bits per heavy atom. The van der Waals surface area contributed by atoms with Crippen LogP contribution in [-0.2, 0) is 4.79 Å². The number of ketones is 1. The van der Waals surface area contributed by atoms with Crippen LogP contribution in [0.15, 0.2) is 60.4 Å². The van der Waals surface area contributed by atoms with Crippen LogP contribution in [0.4, 0.5) is 0 Å². The molecule has 0 amide bonds. The second-order valence-corrected chi connectivity index (χ2v) is 10.9. The number of rotatable bonds is 23. The third-order valence-corrected chi connectivity index (χ3v) is 7.32. The van der Waals surface area contributed by atoms with Gasteiger partial charge in [0.25, 0.3) is 0 Å². The third kappa shape index (κ3) is 15.4. The Kier molecular flexibility index (Phi) is 18.1. The number of hydrogen-bond acceptors (Lipinski definition) is 6. The number of aliphatic hydroxyl groups is 1. The highest BCUT2D eigenvalue weighted by Gasteiger charge is 2.06. The summed E-state index contributed by atoms with van der Waals surface area (Å²) in [5.41, 5.74) is 1.49. The van der Waals surface area contributed by atoms with E-state index in [2.05, 4.69) is 6.92 Å². The summed E-state index contributed by atoms with van der Waals surface area (Å²) < 4.78 is 16.5. The highest BCUT2D eigenvalue weighted by molar-refractivity contribution is 6.02. The van der Waals surface area contributed by atoms with E-state index in [1.165, 1.54) is 109 Å². The molecule has 0 aliphatic heterocycles. The number of ether oxygens (including phenoxy) is 3. The van der Waals surface area contributed by atoms with E-state index in [1.807, 2.05) is 18.2 Å². The highest BCUT2D eigenvalue weighted by atomic mass is 16.5. The highest BCUT2D eigenvalue weighted by Crippen LogP contribution is 2.29. The molecular formula is C37H52O6. The van der Waals surface area contributed by atoms with Crippen molar-refractivity contribution in [1.29, 1.82) is 0 Å². The topological polar surface area (TPSA) is 85.2 Å². The maximum Gasteiger partial charge on any atom is 0.182 e. The molecule has 0 aliphatic carbocycles. The second kappa shape index (κ2) is 21.9. The molecule has 2 rings (SSSR count). The minimum atomic E-state index is -0.376. The van der Waals surface area contributed by atoms with Crippen LogP contribution in [0, 0.1) is 0 Å². The number of aromatic hydroxyl groups is 1. The molecule has 0 atom stereocenters. The van der Waals surface area contributed by atoms with Crippen LogP contribution < -0.4 is 14.2 Å². The summed E-state index contributed by atoms with van der Waals surface area (Å²) in [4.78, 5) is 12.2. The molecule has 0 saturated carbocycles. The lowest BCUT2D eigenvalue weighted by Gasteiger charge is -2.11. The van der Waals surface area contributed by atoms with Crippen LogP contribution >= 0.6 is 0 Å². The normalized spacial score (nSPS) is 11.8. The predicted molar refractivity (Wildman–Crippen MR) is 177 cm³/mol. The fraction of sp³-hybridized carbons (Fsp3) is 0.486. The molecule has 0 aliphatic rings. The quantitative estimate of drug-likeness (QED) is 0.0578. The average Bonchev–Trinajstić information content (AvgIpc) is 3.01. The van der Waals surface area contributed by atoms with Gasteiger partial charge in [0.15, 0.2) is 28.8 Å². The van der Waals surface area contributed by atoms with Crippen LogP contribution in [0.25, 0.3) is 12.2 Å². The molecule has 0 bridgehead atoms. The Balaban J connectivity index is 1.67. The number of unbranched alkanes of at least 4 members (excludes halogenated alkanes) is 13. The van der Waals surface area contributed by atoms with Crippen molar-refractivity contribution in [3.8, 4) is 23.0 Å². The minimum Gasteiger partial charge on any atom is -0.508 e. The molecule has 6 heteroatoms. The number of phenols is 1. The zero-order chi connectivity index (χ0) is 31.1. The largest absolute Gasteiger partial charge is 0.508 e. The van der Waals surface area contributed by atoms with Gasteiger partial charge in [-0.1, -0.05) is 115 Å². The number of carbonyl (C=O) groups excluding carboxylic acids is 1. The molecule has 0 aromatic heterocycles. The lowest BCUT2D eigenvalue weighted by Crippen LogP contribution is -1.99. The number of benzene rings is 2. The van der Waals surface area contributed by atoms with E-state index in [1.54, 1.807) is 31.4 Å². The van der Waals surface area contributed by atoms with E-state index >= 15 is 0 Å². The average molecular weight is 593 g/mol. The van der Waals surface area contributed by atoms with Gasteiger partial charge in [0.05, 0.1) is 20.8 Å². The van der Waals surface area contributed by atoms with Crippen molar-refractivity contribution in [1.82, 2.24) is 0 Å². The number of hydrogen-bond donors (Lipinski definition) is 2. The first-order chi connectivity index (χ1) is 21.0. The second-order valence-electron chi connectivity index (χ2n) is 10.9. The van der Waals surface area contributed by atoms with Gasteiger partial charge < -0.3 is 24.4 Å². The Bertz CT molecular complexity index is 1160. The van der Waals surface area contributed by atoms with Gasteiger partial charge in [-0.2, -0.15) is 0 Å². The van der Waals surface area contributed by atoms with Gasteiger partial charge in [-0.3, -0.25) is 4.79 Å². The summed E-state index contributed by atoms with van der Waals surface area (Å²) in [7, 11) is 3.06. The molecule has 2 aromatic rings. The maximum atomic E-state index is 12.2. The van der Waals surface area contributed by atoms with Crippen molar-refractivity contribution in [2.24, 2.45) is 0 Å². The number of carbonyl (C=O) groups is 1. The molecule has 0 radical (unpaired) electrons. The number of methoxy groups -OCH3 is 2. The molecule has 0 heterocycles. The molecule has 0 unspecified atom stereocenters. The fourth-order valence-electron chi connectivity index (χ4n) is 4.79. The van der Waals surface area contributed by atoms with E-state index < -0.39 is 0 Å². The summed E-state index contributed by atoms with van der Waals surface area (Å²) in [5.74, 6) is 1.11. The van der Waals surface area contributed by atoms with Crippen molar-refractivity contribution in [3.05, 3.63) is 71.5 Å². The van der Waals surface area contributed by atoms with Crippen LogP contribution in [0.5, 0.6) is 23.0 Å². The van der Waals surface area contributed by atoms with Gasteiger partial charge >= 0.3 is 0 Å². The monoisotopic (exact) mass is 592 g/mol. The van der Waals surface area contributed by atoms with Crippen LogP contribution in [-0.4, -0.2) is 36.8 Å². The third-order valence-electron chi connectivity index (χ3n) is 7.32. The summed E-state index contributed by atoms with van der Waals surface area (Å²) in [6.07, 6.45) is 25.8. The first-order valence-electron chi connectivity index (χ1n) is 16.0. The van der Waals surface area contributed by atoms with Crippen LogP contribution in [0.3, 0.4) is 0 Å². The van der Waals surface area contributed by atoms with Gasteiger partial charge in [-0.15, -0.1) is 0 Å². The van der Waals surface area contributed by atoms with E-state index in [0.29, 0.717) is 29.4 Å². The van der Waals surface area contributed by atoms with Gasteiger partial charge in [0.2, 0.25) is 0 Å². The van der Waals surface area contributed by atoms with Gasteiger partial charge in [-0.25, -0.2) is 0 Å². The Labute approximate surface area is 259 Å². The summed E-state index contributed by atoms with van der Waals surface area (Å²) in [5, 5.41) is 19.9. The number of allylic oxidation sites excluding steroid dienone is 3. The SMILES string of the molecule is CCCCCCCCCCCCCCCCOc1ccc(/C=C/C(O)=C/C(=O)/C=C/c2ccc(O)c(OC)c2)cc1OC. The first kappa shape index (κ1) is 35.5. The summed E-state index contributed by atoms with van der Waals surface area (Å²) in [6.45, 7) is 2.92. The summed E-state index contributed by atoms with van der Waals surface area (Å²) >= 11 is 0. The zero-order valence-electron chi connectivity index (χ0n) is 26.5. The predicted octanol–water partition coefficient (Wildman–Crippen LogP) is 10.0. The van der Waals surface area contributed by atoms with Crippen molar-refractivity contribution in [2.75, 3.05) is 20.8 Å². The van der Waals surface area contributed by atoms with E-state index in [9.17, 15) is 15.0 Å². The van der Waals surface area contributed by atoms with E-state index in [-0.39, 0.29) is 17.3 Å². The Morgan fingerprint density at radius 1 is 0.674 bits per heavy atom. The maximum absolute atomic E-state index is 12.2. The van der Waals surface area contributed by atoms with Crippen LogP contribution in [0.2, 0.25) is 0 Å². The molecule has 0 spiro atoms. The molecule has 0 saturated heterocycles. The standard InChI is InChI=1S/C37H52O6/c1-4-5-6-7-8-9-10-11-12-13-14-15-16-17-26-43-35-25-21-31(28-37(35)42-3)19-23-33(39)29-32(38)22-18-30-20-24-34(40)36(27-30)41-2/h18-25,27-29,39-40H,4-17,26H2,1-3H3/b22-18+,23-19+,33-29-. The molecule has 236 valence electrons. The lowest BCUT2D eigenvalue weighted by molar-refractivity contribution is -0.110. The number of phenolic OH excluding ortho intramolecular Hbond substituents is 1. The van der Waals surface area contributed by atoms with Crippen molar-refractivity contribution >= 4 is 17.9 Å². The van der Waals surface area contributed by atoms with Gasteiger partial charge in [0, 0.05) is 6.08 Å². The molecule has 43 heavy (non-hydrogen) atoms. The van der Waals surface area contributed by atoms with E-state index in [0.717, 1.165) is 18.1 Å². The zero-order valence-corrected chi connectivity index (χ0v) is 26.5. The van der Waals surface area contributed by atoms with Gasteiger partial charge in [-0.05, 0) is 54.0 Å². The Morgan fingerprint density at radius 2 is 1.19 bits per heavy atom. The first-order valence-corrected chi connectivity index (χ1v) is 16.0. The van der Waals surface area contributed by atoms with Crippen LogP contribution in [0.1, 0.15) is 108 Å². The van der Waals surface area contributed by atoms with Crippen molar-refractivity contribution in [2.45, 2.75) is 96.8 Å². The molecule has 2 N–H and O–H groups in total. The fourth-order valence-corrected chi connectivity index (χ4v) is 4.79. The molecule has 6 nitrogen and oxygen atoms in total.